The van der Waals surface area contributed by atoms with Crippen molar-refractivity contribution >= 4 is 0 Å². The molecule has 0 bridgehead atoms. The van der Waals surface area contributed by atoms with Crippen LogP contribution in [0, 0.1) is 5.92 Å². The second-order valence-electron chi connectivity index (χ2n) is 6.67. The molecule has 0 radical (unpaired) electrons. The summed E-state index contributed by atoms with van der Waals surface area (Å²) in [6.07, 6.45) is 6.54. The van der Waals surface area contributed by atoms with Crippen molar-refractivity contribution < 1.29 is 9.47 Å². The minimum atomic E-state index is 0.210. The van der Waals surface area contributed by atoms with E-state index in [2.05, 4.69) is 38.2 Å². The average molecular weight is 305 g/mol. The number of methoxy groups -OCH3 is 1. The summed E-state index contributed by atoms with van der Waals surface area (Å²) in [6, 6.07) is 6.92. The Kier molecular flexibility index (Phi) is 6.56. The highest BCUT2D eigenvalue weighted by Crippen LogP contribution is 2.30. The summed E-state index contributed by atoms with van der Waals surface area (Å²) in [6.45, 7) is 7.47. The molecule has 1 saturated carbocycles. The minimum Gasteiger partial charge on any atom is -0.493 e. The number of nitrogens with one attached hydrogen (secondary N) is 1. The number of hydrogen-bond acceptors (Lipinski definition) is 3. The van der Waals surface area contributed by atoms with E-state index in [1.807, 2.05) is 6.07 Å². The van der Waals surface area contributed by atoms with Crippen LogP contribution < -0.4 is 14.8 Å². The Labute approximate surface area is 135 Å². The Morgan fingerprint density at radius 2 is 2.09 bits per heavy atom. The van der Waals surface area contributed by atoms with Crippen molar-refractivity contribution in [2.75, 3.05) is 7.11 Å². The van der Waals surface area contributed by atoms with E-state index in [1.165, 1.54) is 31.2 Å². The molecule has 3 atom stereocenters. The van der Waals surface area contributed by atoms with Gasteiger partial charge in [0.05, 0.1) is 13.2 Å². The maximum atomic E-state index is 5.90. The molecular formula is C19H31NO2. The average Bonchev–Trinajstić information content (AvgIpc) is 2.53. The molecule has 1 N–H and O–H groups in total. The smallest absolute Gasteiger partial charge is 0.161 e. The molecule has 0 amide bonds. The van der Waals surface area contributed by atoms with E-state index in [-0.39, 0.29) is 6.10 Å². The maximum Gasteiger partial charge on any atom is 0.161 e. The van der Waals surface area contributed by atoms with Crippen molar-refractivity contribution in [1.82, 2.24) is 5.32 Å². The fraction of sp³-hybridized carbons (Fsp3) is 0.684. The van der Waals surface area contributed by atoms with Gasteiger partial charge in [-0.15, -0.1) is 0 Å². The van der Waals surface area contributed by atoms with Gasteiger partial charge < -0.3 is 14.8 Å². The zero-order valence-corrected chi connectivity index (χ0v) is 14.5. The van der Waals surface area contributed by atoms with E-state index in [0.29, 0.717) is 6.04 Å². The first-order valence-corrected chi connectivity index (χ1v) is 8.69. The predicted molar refractivity (Wildman–Crippen MR) is 91.6 cm³/mol. The summed E-state index contributed by atoms with van der Waals surface area (Å²) in [4.78, 5) is 0. The van der Waals surface area contributed by atoms with Crippen molar-refractivity contribution in [2.24, 2.45) is 5.92 Å². The summed E-state index contributed by atoms with van der Waals surface area (Å²) in [5.41, 5.74) is 1.26. The van der Waals surface area contributed by atoms with Gasteiger partial charge in [-0.2, -0.15) is 0 Å². The Balaban J connectivity index is 1.94. The zero-order chi connectivity index (χ0) is 15.9. The van der Waals surface area contributed by atoms with Gasteiger partial charge in [0.25, 0.3) is 0 Å². The lowest BCUT2D eigenvalue weighted by Crippen LogP contribution is -2.33. The van der Waals surface area contributed by atoms with E-state index in [1.54, 1.807) is 7.11 Å². The third kappa shape index (κ3) is 4.91. The van der Waals surface area contributed by atoms with Crippen LogP contribution in [0.3, 0.4) is 0 Å². The fourth-order valence-corrected chi connectivity index (χ4v) is 3.10. The molecule has 1 aliphatic rings. The van der Waals surface area contributed by atoms with Crippen LogP contribution in [0.15, 0.2) is 18.2 Å². The molecule has 3 heteroatoms. The number of rotatable bonds is 7. The first-order chi connectivity index (χ1) is 10.6. The summed E-state index contributed by atoms with van der Waals surface area (Å²) < 4.78 is 11.4. The molecule has 0 aromatic heterocycles. The van der Waals surface area contributed by atoms with Gasteiger partial charge in [-0.1, -0.05) is 32.8 Å². The molecule has 0 spiro atoms. The third-order valence-corrected chi connectivity index (χ3v) is 4.66. The summed E-state index contributed by atoms with van der Waals surface area (Å²) >= 11 is 0. The molecule has 22 heavy (non-hydrogen) atoms. The molecule has 3 unspecified atom stereocenters. The van der Waals surface area contributed by atoms with Crippen molar-refractivity contribution in [1.29, 1.82) is 0 Å². The molecule has 1 fully saturated rings. The molecule has 0 heterocycles. The van der Waals surface area contributed by atoms with Crippen LogP contribution >= 0.6 is 0 Å². The normalized spacial score (nSPS) is 23.1. The van der Waals surface area contributed by atoms with E-state index >= 15 is 0 Å². The van der Waals surface area contributed by atoms with Crippen molar-refractivity contribution in [3.63, 3.8) is 0 Å². The van der Waals surface area contributed by atoms with Gasteiger partial charge in [0.1, 0.15) is 0 Å². The van der Waals surface area contributed by atoms with Crippen molar-refractivity contribution in [3.8, 4) is 11.5 Å². The van der Waals surface area contributed by atoms with Crippen LogP contribution in [0.4, 0.5) is 0 Å². The van der Waals surface area contributed by atoms with Gasteiger partial charge in [0.15, 0.2) is 11.5 Å². The van der Waals surface area contributed by atoms with E-state index in [4.69, 9.17) is 9.47 Å². The molecule has 1 aliphatic carbocycles. The molecule has 2 rings (SSSR count). The van der Waals surface area contributed by atoms with Crippen LogP contribution in [-0.2, 0) is 6.54 Å². The molecule has 1 aromatic carbocycles. The Morgan fingerprint density at radius 3 is 2.77 bits per heavy atom. The maximum absolute atomic E-state index is 5.90. The fourth-order valence-electron chi connectivity index (χ4n) is 3.10. The number of hydrogen-bond donors (Lipinski definition) is 1. The molecule has 1 aromatic rings. The highest BCUT2D eigenvalue weighted by atomic mass is 16.5. The van der Waals surface area contributed by atoms with E-state index in [0.717, 1.165) is 30.4 Å². The third-order valence-electron chi connectivity index (χ3n) is 4.66. The lowest BCUT2D eigenvalue weighted by molar-refractivity contribution is 0.207. The zero-order valence-electron chi connectivity index (χ0n) is 14.5. The minimum absolute atomic E-state index is 0.210. The highest BCUT2D eigenvalue weighted by molar-refractivity contribution is 5.43. The largest absolute Gasteiger partial charge is 0.493 e. The standard InChI is InChI=1S/C19H31NO2/c1-5-15(3)22-18-10-9-16(12-19(18)21-4)13-20-17-8-6-7-14(2)11-17/h9-10,12,14-15,17,20H,5-8,11,13H2,1-4H3. The second kappa shape index (κ2) is 8.42. The van der Waals surface area contributed by atoms with Gasteiger partial charge >= 0.3 is 0 Å². The SMILES string of the molecule is CCC(C)Oc1ccc(CNC2CCCC(C)C2)cc1OC. The van der Waals surface area contributed by atoms with Gasteiger partial charge in [-0.3, -0.25) is 0 Å². The quantitative estimate of drug-likeness (QED) is 0.802. The molecule has 0 aliphatic heterocycles. The topological polar surface area (TPSA) is 30.5 Å². The molecule has 3 nitrogen and oxygen atoms in total. The molecular weight excluding hydrogens is 274 g/mol. The number of benzene rings is 1. The molecule has 124 valence electrons. The monoisotopic (exact) mass is 305 g/mol. The van der Waals surface area contributed by atoms with Crippen LogP contribution in [0.1, 0.15) is 58.4 Å². The van der Waals surface area contributed by atoms with Crippen molar-refractivity contribution in [2.45, 2.75) is 71.6 Å². The van der Waals surface area contributed by atoms with Gasteiger partial charge in [0, 0.05) is 12.6 Å². The Morgan fingerprint density at radius 1 is 1.27 bits per heavy atom. The first kappa shape index (κ1) is 17.1. The van der Waals surface area contributed by atoms with Gasteiger partial charge in [-0.05, 0) is 49.8 Å². The summed E-state index contributed by atoms with van der Waals surface area (Å²) in [5, 5.41) is 3.69. The Bertz CT molecular complexity index is 461. The molecule has 0 saturated heterocycles. The van der Waals surface area contributed by atoms with E-state index in [9.17, 15) is 0 Å². The van der Waals surface area contributed by atoms with Gasteiger partial charge in [0.2, 0.25) is 0 Å². The van der Waals surface area contributed by atoms with Crippen LogP contribution in [-0.4, -0.2) is 19.3 Å². The van der Waals surface area contributed by atoms with Gasteiger partial charge in [-0.25, -0.2) is 0 Å². The van der Waals surface area contributed by atoms with Crippen molar-refractivity contribution in [3.05, 3.63) is 23.8 Å². The second-order valence-corrected chi connectivity index (χ2v) is 6.67. The first-order valence-electron chi connectivity index (χ1n) is 8.69. The van der Waals surface area contributed by atoms with Crippen LogP contribution in [0.2, 0.25) is 0 Å². The number of ether oxygens (including phenoxy) is 2. The lowest BCUT2D eigenvalue weighted by atomic mass is 9.87. The Hall–Kier alpha value is -1.22. The lowest BCUT2D eigenvalue weighted by Gasteiger charge is -2.27. The summed E-state index contributed by atoms with van der Waals surface area (Å²) in [7, 11) is 1.71. The van der Waals surface area contributed by atoms with Crippen LogP contribution in [0.5, 0.6) is 11.5 Å². The van der Waals surface area contributed by atoms with Crippen LogP contribution in [0.25, 0.3) is 0 Å². The highest BCUT2D eigenvalue weighted by Gasteiger charge is 2.18. The predicted octanol–water partition coefficient (Wildman–Crippen LogP) is 4.54. The van der Waals surface area contributed by atoms with E-state index < -0.39 is 0 Å². The summed E-state index contributed by atoms with van der Waals surface area (Å²) in [5.74, 6) is 2.52.